The number of anilines is 1. The maximum atomic E-state index is 14.9. The summed E-state index contributed by atoms with van der Waals surface area (Å²) in [6, 6.07) is 10.00. The molecular weight excluding hydrogens is 545 g/mol. The topological polar surface area (TPSA) is 96.0 Å². The van der Waals surface area contributed by atoms with Crippen LogP contribution in [0.2, 0.25) is 5.02 Å². The fourth-order valence-electron chi connectivity index (χ4n) is 5.24. The van der Waals surface area contributed by atoms with Gasteiger partial charge in [-0.25, -0.2) is 17.6 Å². The van der Waals surface area contributed by atoms with Crippen molar-refractivity contribution >= 4 is 39.1 Å². The molecule has 0 saturated carbocycles. The Bertz CT molecular complexity index is 1350. The highest BCUT2D eigenvalue weighted by Gasteiger charge is 2.51. The van der Waals surface area contributed by atoms with Crippen molar-refractivity contribution in [1.82, 2.24) is 9.80 Å². The summed E-state index contributed by atoms with van der Waals surface area (Å²) >= 11 is 6.30. The van der Waals surface area contributed by atoms with Gasteiger partial charge in [-0.05, 0) is 54.8 Å². The molecule has 8 nitrogen and oxygen atoms in total. The van der Waals surface area contributed by atoms with Gasteiger partial charge in [0.2, 0.25) is 5.91 Å². The number of fused-ring (bicyclic) bond motifs is 1. The number of rotatable bonds is 7. The molecule has 0 spiro atoms. The number of halogens is 2. The normalized spacial score (nSPS) is 22.5. The number of sulfone groups is 1. The number of ether oxygens (including phenoxy) is 1. The van der Waals surface area contributed by atoms with Crippen LogP contribution in [0.4, 0.5) is 14.9 Å². The lowest BCUT2D eigenvalue weighted by atomic mass is 9.86. The molecule has 0 unspecified atom stereocenters. The van der Waals surface area contributed by atoms with Gasteiger partial charge in [0.05, 0.1) is 34.8 Å². The summed E-state index contributed by atoms with van der Waals surface area (Å²) in [5.74, 6) is -2.09. The van der Waals surface area contributed by atoms with Crippen LogP contribution in [0.15, 0.2) is 36.4 Å². The summed E-state index contributed by atoms with van der Waals surface area (Å²) in [6.45, 7) is 6.59. The van der Waals surface area contributed by atoms with Gasteiger partial charge in [-0.1, -0.05) is 56.6 Å². The van der Waals surface area contributed by atoms with Crippen molar-refractivity contribution in [3.63, 3.8) is 0 Å². The fraction of sp³-hybridized carbons (Fsp3) is 0.500. The number of carbonyl (C=O) groups excluding carboxylic acids is 2. The molecule has 1 N–H and O–H groups in total. The van der Waals surface area contributed by atoms with Gasteiger partial charge in [0.15, 0.2) is 9.84 Å². The highest BCUT2D eigenvalue weighted by molar-refractivity contribution is 7.91. The molecule has 2 fully saturated rings. The summed E-state index contributed by atoms with van der Waals surface area (Å²) in [5.41, 5.74) is 2.25. The largest absolute Gasteiger partial charge is 0.444 e. The number of hydrogen-bond acceptors (Lipinski definition) is 6. The molecule has 0 aliphatic carbocycles. The van der Waals surface area contributed by atoms with Gasteiger partial charge in [0, 0.05) is 12.5 Å². The molecule has 2 saturated heterocycles. The third-order valence-corrected chi connectivity index (χ3v) is 9.16. The minimum atomic E-state index is -3.50. The monoisotopic (exact) mass is 579 g/mol. The van der Waals surface area contributed by atoms with Crippen molar-refractivity contribution in [1.29, 1.82) is 0 Å². The third kappa shape index (κ3) is 6.91. The van der Waals surface area contributed by atoms with Crippen LogP contribution in [0.1, 0.15) is 37.5 Å². The summed E-state index contributed by atoms with van der Waals surface area (Å²) < 4.78 is 46.5. The molecule has 212 valence electrons. The zero-order valence-corrected chi connectivity index (χ0v) is 24.4. The molecular formula is C28H35ClFN3O5S. The van der Waals surface area contributed by atoms with E-state index in [2.05, 4.69) is 26.1 Å². The maximum absolute atomic E-state index is 14.9. The summed E-state index contributed by atoms with van der Waals surface area (Å²) in [6.07, 6.45) is -1.08. The van der Waals surface area contributed by atoms with Crippen molar-refractivity contribution in [2.45, 2.75) is 51.3 Å². The van der Waals surface area contributed by atoms with E-state index < -0.39 is 45.7 Å². The number of carbonyl (C=O) groups is 2. The Balaban J connectivity index is 1.55. The predicted octanol–water partition coefficient (Wildman–Crippen LogP) is 4.25. The minimum Gasteiger partial charge on any atom is -0.444 e. The van der Waals surface area contributed by atoms with Crippen molar-refractivity contribution < 1.29 is 27.1 Å². The van der Waals surface area contributed by atoms with Crippen LogP contribution in [0, 0.1) is 11.7 Å². The Kier molecular flexibility index (Phi) is 8.31. The second kappa shape index (κ2) is 11.1. The number of nitrogens with one attached hydrogen (secondary N) is 1. The first-order valence-corrected chi connectivity index (χ1v) is 15.0. The van der Waals surface area contributed by atoms with Crippen LogP contribution in [-0.4, -0.2) is 74.5 Å². The molecule has 2 aliphatic heterocycles. The second-order valence-corrected chi connectivity index (χ2v) is 14.3. The first-order chi connectivity index (χ1) is 18.1. The highest BCUT2D eigenvalue weighted by atomic mass is 35.5. The Labute approximate surface area is 234 Å². The fourth-order valence-corrected chi connectivity index (χ4v) is 7.50. The van der Waals surface area contributed by atoms with E-state index in [0.29, 0.717) is 5.56 Å². The number of benzene rings is 2. The number of amides is 2. The van der Waals surface area contributed by atoms with Gasteiger partial charge in [0.1, 0.15) is 11.9 Å². The maximum Gasteiger partial charge on any atom is 0.410 e. The molecule has 0 aromatic heterocycles. The van der Waals surface area contributed by atoms with E-state index in [9.17, 15) is 22.4 Å². The Morgan fingerprint density at radius 2 is 1.90 bits per heavy atom. The summed E-state index contributed by atoms with van der Waals surface area (Å²) in [7, 11) is -0.0757. The lowest BCUT2D eigenvalue weighted by Gasteiger charge is -2.34. The molecule has 2 amide bonds. The zero-order chi connectivity index (χ0) is 28.7. The van der Waals surface area contributed by atoms with E-state index >= 15 is 0 Å². The van der Waals surface area contributed by atoms with Crippen LogP contribution in [-0.2, 0) is 37.7 Å². The number of nitrogens with zero attached hydrogens (tertiary/aromatic N) is 2. The van der Waals surface area contributed by atoms with Crippen LogP contribution >= 0.6 is 11.6 Å². The third-order valence-electron chi connectivity index (χ3n) is 7.08. The average Bonchev–Trinajstić information content (AvgIpc) is 3.10. The van der Waals surface area contributed by atoms with Crippen LogP contribution in [0.25, 0.3) is 0 Å². The first kappa shape index (κ1) is 29.3. The van der Waals surface area contributed by atoms with Gasteiger partial charge < -0.3 is 15.0 Å². The van der Waals surface area contributed by atoms with Crippen LogP contribution < -0.4 is 5.32 Å². The molecule has 0 radical (unpaired) electrons. The van der Waals surface area contributed by atoms with E-state index in [0.717, 1.165) is 11.1 Å². The average molecular weight is 580 g/mol. The Hall–Kier alpha value is -2.69. The molecule has 0 bridgehead atoms. The minimum absolute atomic E-state index is 0.0103. The van der Waals surface area contributed by atoms with Crippen LogP contribution in [0.3, 0.4) is 0 Å². The first-order valence-electron chi connectivity index (χ1n) is 12.8. The SMILES string of the molecule is CN(C)CC(=O)Nc1c(F)cc(C[C@@H]2CS(=O)(=O)C[C@H]3[C@H]2OC(=O)N3Cc2cccc(C(C)(C)C)c2)cc1Cl. The van der Waals surface area contributed by atoms with Gasteiger partial charge in [-0.15, -0.1) is 0 Å². The smallest absolute Gasteiger partial charge is 0.410 e. The molecule has 39 heavy (non-hydrogen) atoms. The highest BCUT2D eigenvalue weighted by Crippen LogP contribution is 2.36. The molecule has 11 heteroatoms. The van der Waals surface area contributed by atoms with Crippen molar-refractivity contribution in [3.05, 3.63) is 63.9 Å². The standard InChI is InChI=1S/C28H35ClFN3O5S/c1-28(2,3)20-8-6-7-17(10-20)13-33-23-16-39(36,37)15-19(26(23)38-27(33)35)9-18-11-21(29)25(22(30)12-18)31-24(34)14-32(4)5/h6-8,10-12,19,23,26H,9,13-16H2,1-5H3,(H,31,34)/t19-,23+,26+/m1/s1. The van der Waals surface area contributed by atoms with E-state index in [1.165, 1.54) is 17.0 Å². The van der Waals surface area contributed by atoms with Crippen LogP contribution in [0.5, 0.6) is 0 Å². The predicted molar refractivity (Wildman–Crippen MR) is 149 cm³/mol. The lowest BCUT2D eigenvalue weighted by Crippen LogP contribution is -2.51. The quantitative estimate of drug-likeness (QED) is 0.527. The van der Waals surface area contributed by atoms with Gasteiger partial charge in [-0.2, -0.15) is 0 Å². The van der Waals surface area contributed by atoms with E-state index in [1.54, 1.807) is 19.0 Å². The van der Waals surface area contributed by atoms with Gasteiger partial charge in [-0.3, -0.25) is 9.69 Å². The number of hydrogen-bond donors (Lipinski definition) is 1. The second-order valence-electron chi connectivity index (χ2n) is 11.8. The zero-order valence-electron chi connectivity index (χ0n) is 22.8. The molecule has 2 heterocycles. The molecule has 4 rings (SSSR count). The lowest BCUT2D eigenvalue weighted by molar-refractivity contribution is -0.116. The Morgan fingerprint density at radius 1 is 1.18 bits per heavy atom. The number of likely N-dealkylation sites (N-methyl/N-ethyl adjacent to an activating group) is 1. The van der Waals surface area contributed by atoms with E-state index in [1.807, 2.05) is 24.3 Å². The Morgan fingerprint density at radius 3 is 2.54 bits per heavy atom. The molecule has 2 aromatic carbocycles. The molecule has 2 aromatic rings. The van der Waals surface area contributed by atoms with Gasteiger partial charge >= 0.3 is 6.09 Å². The van der Waals surface area contributed by atoms with Crippen molar-refractivity contribution in [2.24, 2.45) is 5.92 Å². The van der Waals surface area contributed by atoms with E-state index in [4.69, 9.17) is 16.3 Å². The summed E-state index contributed by atoms with van der Waals surface area (Å²) in [5, 5.41) is 2.49. The molecule has 3 atom stereocenters. The summed E-state index contributed by atoms with van der Waals surface area (Å²) in [4.78, 5) is 28.2. The van der Waals surface area contributed by atoms with Crippen molar-refractivity contribution in [2.75, 3.05) is 37.5 Å². The van der Waals surface area contributed by atoms with Gasteiger partial charge in [0.25, 0.3) is 0 Å². The van der Waals surface area contributed by atoms with Crippen molar-refractivity contribution in [3.8, 4) is 0 Å². The van der Waals surface area contributed by atoms with E-state index in [-0.39, 0.29) is 47.1 Å². The molecule has 2 aliphatic rings.